The van der Waals surface area contributed by atoms with E-state index in [1.807, 2.05) is 0 Å². The molecule has 0 bridgehead atoms. The van der Waals surface area contributed by atoms with Gasteiger partial charge in [-0.25, -0.2) is 4.79 Å². The highest BCUT2D eigenvalue weighted by molar-refractivity contribution is 6.33. The van der Waals surface area contributed by atoms with Gasteiger partial charge in [0.1, 0.15) is 5.56 Å². The summed E-state index contributed by atoms with van der Waals surface area (Å²) in [4.78, 5) is 24.3. The van der Waals surface area contributed by atoms with E-state index in [0.717, 1.165) is 0 Å². The molecule has 0 aromatic heterocycles. The first-order valence-corrected chi connectivity index (χ1v) is 7.90. The number of benzene rings is 2. The molecule has 0 saturated carbocycles. The van der Waals surface area contributed by atoms with E-state index in [4.69, 9.17) is 30.5 Å². The van der Waals surface area contributed by atoms with Crippen molar-refractivity contribution < 1.29 is 28.5 Å². The van der Waals surface area contributed by atoms with Crippen LogP contribution < -0.4 is 19.5 Å². The number of carbonyl (C=O) groups is 2. The minimum absolute atomic E-state index is 0.107. The first-order chi connectivity index (χ1) is 12.5. The first-order valence-electron chi connectivity index (χ1n) is 7.52. The highest BCUT2D eigenvalue weighted by Gasteiger charge is 2.22. The quantitative estimate of drug-likeness (QED) is 0.744. The number of para-hydroxylation sites is 1. The van der Waals surface area contributed by atoms with E-state index in [1.165, 1.54) is 27.4 Å². The highest BCUT2D eigenvalue weighted by atomic mass is 35.5. The number of carbonyl (C=O) groups excluding carboxylic acids is 2. The number of hydrogen-bond donors (Lipinski definition) is 1. The summed E-state index contributed by atoms with van der Waals surface area (Å²) in [6.07, 6.45) is 0. The number of halogens is 1. The van der Waals surface area contributed by atoms with Crippen LogP contribution in [0.2, 0.25) is 5.02 Å². The summed E-state index contributed by atoms with van der Waals surface area (Å²) in [5, 5.41) is 2.95. The Balaban J connectivity index is 2.08. The molecular formula is C18H18ClNO6. The maximum absolute atomic E-state index is 12.3. The molecule has 0 aliphatic rings. The van der Waals surface area contributed by atoms with Crippen LogP contribution in [0.3, 0.4) is 0 Å². The molecule has 26 heavy (non-hydrogen) atoms. The number of hydrogen-bond acceptors (Lipinski definition) is 6. The molecule has 138 valence electrons. The predicted molar refractivity (Wildman–Crippen MR) is 96.5 cm³/mol. The molecule has 0 atom stereocenters. The first kappa shape index (κ1) is 19.4. The van der Waals surface area contributed by atoms with Gasteiger partial charge in [0.05, 0.1) is 32.0 Å². The van der Waals surface area contributed by atoms with E-state index < -0.39 is 18.5 Å². The van der Waals surface area contributed by atoms with Crippen molar-refractivity contribution in [2.75, 3.05) is 33.3 Å². The standard InChI is InChI=1S/C18H18ClNO6/c1-23-14-9-8-11(16(24-2)17(14)25-3)18(22)26-10-15(21)20-13-7-5-4-6-12(13)19/h4-9H,10H2,1-3H3,(H,20,21). The van der Waals surface area contributed by atoms with Crippen molar-refractivity contribution in [2.24, 2.45) is 0 Å². The fourth-order valence-corrected chi connectivity index (χ4v) is 2.40. The van der Waals surface area contributed by atoms with Crippen LogP contribution in [0, 0.1) is 0 Å². The Morgan fingerprint density at radius 1 is 0.962 bits per heavy atom. The average molecular weight is 380 g/mol. The highest BCUT2D eigenvalue weighted by Crippen LogP contribution is 2.39. The van der Waals surface area contributed by atoms with Gasteiger partial charge in [-0.05, 0) is 24.3 Å². The molecule has 0 radical (unpaired) electrons. The second kappa shape index (κ2) is 8.96. The van der Waals surface area contributed by atoms with Gasteiger partial charge in [-0.1, -0.05) is 23.7 Å². The third kappa shape index (κ3) is 4.37. The van der Waals surface area contributed by atoms with Gasteiger partial charge in [-0.3, -0.25) is 4.79 Å². The molecule has 0 spiro atoms. The number of ether oxygens (including phenoxy) is 4. The number of nitrogens with one attached hydrogen (secondary N) is 1. The summed E-state index contributed by atoms with van der Waals surface area (Å²) in [5.41, 5.74) is 0.537. The van der Waals surface area contributed by atoms with E-state index in [9.17, 15) is 9.59 Å². The van der Waals surface area contributed by atoms with Crippen LogP contribution in [0.4, 0.5) is 5.69 Å². The number of amides is 1. The minimum Gasteiger partial charge on any atom is -0.493 e. The van der Waals surface area contributed by atoms with Gasteiger partial charge < -0.3 is 24.3 Å². The Morgan fingerprint density at radius 2 is 1.65 bits per heavy atom. The predicted octanol–water partition coefficient (Wildman–Crippen LogP) is 3.16. The molecule has 7 nitrogen and oxygen atoms in total. The Hall–Kier alpha value is -2.93. The summed E-state index contributed by atoms with van der Waals surface area (Å²) < 4.78 is 20.6. The molecule has 1 amide bonds. The maximum Gasteiger partial charge on any atom is 0.342 e. The molecule has 8 heteroatoms. The zero-order chi connectivity index (χ0) is 19.1. The number of esters is 1. The third-order valence-corrected chi connectivity index (χ3v) is 3.74. The Morgan fingerprint density at radius 3 is 2.27 bits per heavy atom. The number of rotatable bonds is 7. The molecule has 0 aliphatic carbocycles. The fraction of sp³-hybridized carbons (Fsp3) is 0.222. The van der Waals surface area contributed by atoms with E-state index in [0.29, 0.717) is 16.5 Å². The van der Waals surface area contributed by atoms with Crippen molar-refractivity contribution in [1.29, 1.82) is 0 Å². The molecule has 0 fully saturated rings. The van der Waals surface area contributed by atoms with Crippen molar-refractivity contribution in [1.82, 2.24) is 0 Å². The van der Waals surface area contributed by atoms with Crippen LogP contribution in [-0.2, 0) is 9.53 Å². The van der Waals surface area contributed by atoms with Crippen molar-refractivity contribution in [3.63, 3.8) is 0 Å². The number of anilines is 1. The van der Waals surface area contributed by atoms with Gasteiger partial charge in [0.2, 0.25) is 5.75 Å². The van der Waals surface area contributed by atoms with Crippen LogP contribution >= 0.6 is 11.6 Å². The lowest BCUT2D eigenvalue weighted by Gasteiger charge is -2.15. The van der Waals surface area contributed by atoms with Crippen LogP contribution in [0.5, 0.6) is 17.2 Å². The van der Waals surface area contributed by atoms with Crippen molar-refractivity contribution in [3.05, 3.63) is 47.0 Å². The van der Waals surface area contributed by atoms with Crippen molar-refractivity contribution in [3.8, 4) is 17.2 Å². The smallest absolute Gasteiger partial charge is 0.342 e. The summed E-state index contributed by atoms with van der Waals surface area (Å²) in [7, 11) is 4.28. The van der Waals surface area contributed by atoms with E-state index >= 15 is 0 Å². The summed E-state index contributed by atoms with van der Waals surface area (Å²) in [6.45, 7) is -0.485. The molecule has 2 aromatic carbocycles. The molecule has 2 aromatic rings. The molecule has 2 rings (SSSR count). The van der Waals surface area contributed by atoms with Gasteiger partial charge in [-0.15, -0.1) is 0 Å². The van der Waals surface area contributed by atoms with Crippen LogP contribution in [0.15, 0.2) is 36.4 Å². The Labute approximate surface area is 155 Å². The van der Waals surface area contributed by atoms with Crippen LogP contribution in [0.1, 0.15) is 10.4 Å². The zero-order valence-electron chi connectivity index (χ0n) is 14.5. The van der Waals surface area contributed by atoms with E-state index in [2.05, 4.69) is 5.32 Å². The van der Waals surface area contributed by atoms with Gasteiger partial charge in [0, 0.05) is 0 Å². The minimum atomic E-state index is -0.739. The van der Waals surface area contributed by atoms with Gasteiger partial charge in [0.15, 0.2) is 18.1 Å². The lowest BCUT2D eigenvalue weighted by Crippen LogP contribution is -2.21. The Bertz CT molecular complexity index is 808. The zero-order valence-corrected chi connectivity index (χ0v) is 15.3. The largest absolute Gasteiger partial charge is 0.493 e. The topological polar surface area (TPSA) is 83.1 Å². The summed E-state index contributed by atoms with van der Waals surface area (Å²) in [5.74, 6) is -0.450. The lowest BCUT2D eigenvalue weighted by molar-refractivity contribution is -0.119. The van der Waals surface area contributed by atoms with E-state index in [1.54, 1.807) is 30.3 Å². The molecule has 0 aliphatic heterocycles. The average Bonchev–Trinajstić information content (AvgIpc) is 2.66. The maximum atomic E-state index is 12.3. The monoisotopic (exact) mass is 379 g/mol. The van der Waals surface area contributed by atoms with E-state index in [-0.39, 0.29) is 17.1 Å². The van der Waals surface area contributed by atoms with Crippen molar-refractivity contribution in [2.45, 2.75) is 0 Å². The SMILES string of the molecule is COc1ccc(C(=O)OCC(=O)Nc2ccccc2Cl)c(OC)c1OC. The fourth-order valence-electron chi connectivity index (χ4n) is 2.22. The molecular weight excluding hydrogens is 362 g/mol. The van der Waals surface area contributed by atoms with Crippen molar-refractivity contribution >= 4 is 29.2 Å². The Kier molecular flexibility index (Phi) is 6.68. The summed E-state index contributed by atoms with van der Waals surface area (Å²) in [6, 6.07) is 9.75. The van der Waals surface area contributed by atoms with Gasteiger partial charge >= 0.3 is 5.97 Å². The molecule has 0 saturated heterocycles. The second-order valence-corrected chi connectivity index (χ2v) is 5.39. The lowest BCUT2D eigenvalue weighted by atomic mass is 10.1. The summed E-state index contributed by atoms with van der Waals surface area (Å²) >= 11 is 5.96. The molecule has 0 heterocycles. The third-order valence-electron chi connectivity index (χ3n) is 3.41. The van der Waals surface area contributed by atoms with Crippen LogP contribution in [0.25, 0.3) is 0 Å². The number of methoxy groups -OCH3 is 3. The van der Waals surface area contributed by atoms with Gasteiger partial charge in [0.25, 0.3) is 5.91 Å². The van der Waals surface area contributed by atoms with Gasteiger partial charge in [-0.2, -0.15) is 0 Å². The molecule has 1 N–H and O–H groups in total. The normalized spacial score (nSPS) is 10.0. The molecule has 0 unspecified atom stereocenters. The van der Waals surface area contributed by atoms with Crippen LogP contribution in [-0.4, -0.2) is 39.8 Å². The second-order valence-electron chi connectivity index (χ2n) is 4.99.